The van der Waals surface area contributed by atoms with Gasteiger partial charge in [0.1, 0.15) is 0 Å². The number of imidazole rings is 1. The molecule has 1 N–H and O–H groups in total. The highest BCUT2D eigenvalue weighted by Gasteiger charge is 2.12. The molecule has 0 saturated carbocycles. The van der Waals surface area contributed by atoms with Crippen molar-refractivity contribution in [2.24, 2.45) is 0 Å². The minimum atomic E-state index is 0.550. The smallest absolute Gasteiger partial charge is 0.194 e. The van der Waals surface area contributed by atoms with Crippen molar-refractivity contribution >= 4 is 33.6 Å². The number of hydrogen-bond acceptors (Lipinski definition) is 4. The summed E-state index contributed by atoms with van der Waals surface area (Å²) >= 11 is 7.82. The Morgan fingerprint density at radius 2 is 2.24 bits per heavy atom. The van der Waals surface area contributed by atoms with Gasteiger partial charge in [0.15, 0.2) is 4.96 Å². The molecule has 0 amide bonds. The lowest BCUT2D eigenvalue weighted by molar-refractivity contribution is 0.966. The first-order chi connectivity index (χ1) is 10.1. The van der Waals surface area contributed by atoms with E-state index in [1.807, 2.05) is 13.0 Å². The van der Waals surface area contributed by atoms with Gasteiger partial charge >= 0.3 is 0 Å². The predicted octanol–water partition coefficient (Wildman–Crippen LogP) is 4.15. The Hall–Kier alpha value is -2.03. The molecule has 2 aromatic heterocycles. The fourth-order valence-electron chi connectivity index (χ4n) is 2.28. The van der Waals surface area contributed by atoms with E-state index in [1.165, 1.54) is 5.69 Å². The van der Waals surface area contributed by atoms with E-state index >= 15 is 0 Å². The number of nitrogens with zero attached hydrogens (tertiary/aromatic N) is 3. The lowest BCUT2D eigenvalue weighted by atomic mass is 10.2. The molecule has 6 heteroatoms. The molecule has 0 aliphatic rings. The number of fused-ring (bicyclic) bond motifs is 1. The minimum Gasteiger partial charge on any atom is -0.378 e. The van der Waals surface area contributed by atoms with Crippen molar-refractivity contribution < 1.29 is 0 Å². The molecule has 0 saturated heterocycles. The zero-order valence-electron chi connectivity index (χ0n) is 11.6. The maximum absolute atomic E-state index is 8.86. The van der Waals surface area contributed by atoms with Gasteiger partial charge in [-0.15, -0.1) is 11.3 Å². The van der Waals surface area contributed by atoms with Gasteiger partial charge in [0, 0.05) is 11.1 Å². The van der Waals surface area contributed by atoms with E-state index in [4.69, 9.17) is 16.9 Å². The van der Waals surface area contributed by atoms with Crippen LogP contribution in [0.1, 0.15) is 22.6 Å². The van der Waals surface area contributed by atoms with E-state index in [0.717, 1.165) is 22.0 Å². The third kappa shape index (κ3) is 2.48. The average Bonchev–Trinajstić information content (AvgIpc) is 2.97. The molecule has 0 bridgehead atoms. The minimum absolute atomic E-state index is 0.550. The van der Waals surface area contributed by atoms with Crippen molar-refractivity contribution in [1.29, 1.82) is 5.26 Å². The van der Waals surface area contributed by atoms with Crippen molar-refractivity contribution in [3.8, 4) is 6.07 Å². The van der Waals surface area contributed by atoms with Gasteiger partial charge in [-0.2, -0.15) is 5.26 Å². The number of halogens is 1. The van der Waals surface area contributed by atoms with Crippen LogP contribution in [-0.2, 0) is 6.54 Å². The van der Waals surface area contributed by atoms with E-state index in [2.05, 4.69) is 33.1 Å². The maximum Gasteiger partial charge on any atom is 0.194 e. The summed E-state index contributed by atoms with van der Waals surface area (Å²) in [6, 6.07) is 7.32. The highest BCUT2D eigenvalue weighted by molar-refractivity contribution is 7.15. The van der Waals surface area contributed by atoms with E-state index in [9.17, 15) is 0 Å². The largest absolute Gasteiger partial charge is 0.378 e. The van der Waals surface area contributed by atoms with Gasteiger partial charge in [0.2, 0.25) is 0 Å². The monoisotopic (exact) mass is 316 g/mol. The second-order valence-electron chi connectivity index (χ2n) is 4.80. The summed E-state index contributed by atoms with van der Waals surface area (Å²) in [6.07, 6.45) is 0. The number of thiazole rings is 1. The number of anilines is 1. The standard InChI is InChI=1S/C15H13ClN4S/c1-9-8-21-15-19-10(2)14(20(9)15)7-18-13-4-3-11(6-17)5-12(13)16/h3-5,8,18H,7H2,1-2H3. The van der Waals surface area contributed by atoms with Crippen LogP contribution in [0.4, 0.5) is 5.69 Å². The first-order valence-electron chi connectivity index (χ1n) is 6.45. The van der Waals surface area contributed by atoms with Crippen LogP contribution in [0.25, 0.3) is 4.96 Å². The number of aryl methyl sites for hydroxylation is 2. The van der Waals surface area contributed by atoms with Crippen LogP contribution in [0.3, 0.4) is 0 Å². The molecule has 3 rings (SSSR count). The van der Waals surface area contributed by atoms with E-state index in [0.29, 0.717) is 17.1 Å². The fraction of sp³-hybridized carbons (Fsp3) is 0.200. The molecule has 0 aliphatic heterocycles. The second-order valence-corrected chi connectivity index (χ2v) is 6.04. The highest BCUT2D eigenvalue weighted by atomic mass is 35.5. The van der Waals surface area contributed by atoms with Crippen molar-refractivity contribution in [3.63, 3.8) is 0 Å². The summed E-state index contributed by atoms with van der Waals surface area (Å²) in [4.78, 5) is 5.57. The molecule has 0 spiro atoms. The normalized spacial score (nSPS) is 10.8. The number of nitrogens with one attached hydrogen (secondary N) is 1. The summed E-state index contributed by atoms with van der Waals surface area (Å²) in [5.41, 5.74) is 4.70. The molecule has 0 atom stereocenters. The third-order valence-electron chi connectivity index (χ3n) is 3.37. The SMILES string of the molecule is Cc1nc2scc(C)n2c1CNc1ccc(C#N)cc1Cl. The molecule has 2 heterocycles. The van der Waals surface area contributed by atoms with E-state index in [-0.39, 0.29) is 0 Å². The molecule has 0 fully saturated rings. The Morgan fingerprint density at radius 3 is 2.95 bits per heavy atom. The predicted molar refractivity (Wildman–Crippen MR) is 86.0 cm³/mol. The molecule has 0 aliphatic carbocycles. The molecule has 0 radical (unpaired) electrons. The topological polar surface area (TPSA) is 53.1 Å². The molecule has 3 aromatic rings. The zero-order valence-corrected chi connectivity index (χ0v) is 13.2. The molecule has 4 nitrogen and oxygen atoms in total. The van der Waals surface area contributed by atoms with Gasteiger partial charge in [-0.3, -0.25) is 4.40 Å². The molecular weight excluding hydrogens is 304 g/mol. The van der Waals surface area contributed by atoms with Crippen LogP contribution in [0, 0.1) is 25.2 Å². The first-order valence-corrected chi connectivity index (χ1v) is 7.71. The van der Waals surface area contributed by atoms with Gasteiger partial charge in [-0.25, -0.2) is 4.98 Å². The fourth-order valence-corrected chi connectivity index (χ4v) is 3.46. The summed E-state index contributed by atoms with van der Waals surface area (Å²) in [7, 11) is 0. The van der Waals surface area contributed by atoms with E-state index < -0.39 is 0 Å². The van der Waals surface area contributed by atoms with Crippen LogP contribution < -0.4 is 5.32 Å². The molecule has 21 heavy (non-hydrogen) atoms. The zero-order chi connectivity index (χ0) is 15.0. The van der Waals surface area contributed by atoms with Crippen molar-refractivity contribution in [2.45, 2.75) is 20.4 Å². The average molecular weight is 317 g/mol. The second kappa shape index (κ2) is 5.40. The summed E-state index contributed by atoms with van der Waals surface area (Å²) < 4.78 is 2.16. The molecule has 106 valence electrons. The van der Waals surface area contributed by atoms with E-state index in [1.54, 1.807) is 23.5 Å². The van der Waals surface area contributed by atoms with Gasteiger partial charge in [0.25, 0.3) is 0 Å². The Balaban J connectivity index is 1.88. The Kier molecular flexibility index (Phi) is 3.58. The summed E-state index contributed by atoms with van der Waals surface area (Å²) in [6.45, 7) is 4.72. The van der Waals surface area contributed by atoms with Crippen LogP contribution in [0.5, 0.6) is 0 Å². The lowest BCUT2D eigenvalue weighted by Crippen LogP contribution is -2.05. The summed E-state index contributed by atoms with van der Waals surface area (Å²) in [5, 5.41) is 14.8. The van der Waals surface area contributed by atoms with Gasteiger partial charge in [-0.05, 0) is 32.0 Å². The van der Waals surface area contributed by atoms with Crippen LogP contribution in [0.15, 0.2) is 23.6 Å². The number of rotatable bonds is 3. The molecular formula is C15H13ClN4S. The Bertz CT molecular complexity index is 857. The number of aromatic nitrogens is 2. The molecule has 1 aromatic carbocycles. The van der Waals surface area contributed by atoms with Crippen molar-refractivity contribution in [3.05, 3.63) is 51.2 Å². The Labute approximate surface area is 131 Å². The number of nitriles is 1. The van der Waals surface area contributed by atoms with Crippen molar-refractivity contribution in [2.75, 3.05) is 5.32 Å². The number of hydrogen-bond donors (Lipinski definition) is 1. The van der Waals surface area contributed by atoms with Crippen LogP contribution >= 0.6 is 22.9 Å². The molecule has 0 unspecified atom stereocenters. The van der Waals surface area contributed by atoms with Gasteiger partial charge < -0.3 is 5.32 Å². The highest BCUT2D eigenvalue weighted by Crippen LogP contribution is 2.25. The Morgan fingerprint density at radius 1 is 1.43 bits per heavy atom. The maximum atomic E-state index is 8.86. The van der Waals surface area contributed by atoms with Crippen LogP contribution in [0.2, 0.25) is 5.02 Å². The van der Waals surface area contributed by atoms with Crippen molar-refractivity contribution in [1.82, 2.24) is 9.38 Å². The van der Waals surface area contributed by atoms with Gasteiger partial charge in [-0.1, -0.05) is 11.6 Å². The number of benzene rings is 1. The van der Waals surface area contributed by atoms with Crippen LogP contribution in [-0.4, -0.2) is 9.38 Å². The first kappa shape index (κ1) is 13.9. The third-order valence-corrected chi connectivity index (χ3v) is 4.63. The summed E-state index contributed by atoms with van der Waals surface area (Å²) in [5.74, 6) is 0. The lowest BCUT2D eigenvalue weighted by Gasteiger charge is -2.09. The van der Waals surface area contributed by atoms with Gasteiger partial charge in [0.05, 0.1) is 40.3 Å². The quantitative estimate of drug-likeness (QED) is 0.789.